The van der Waals surface area contributed by atoms with Crippen LogP contribution in [0.1, 0.15) is 31.9 Å². The molecule has 0 bridgehead atoms. The molecule has 5 heteroatoms. The number of aryl methyl sites for hydroxylation is 2. The van der Waals surface area contributed by atoms with E-state index in [0.29, 0.717) is 11.8 Å². The van der Waals surface area contributed by atoms with Gasteiger partial charge in [0.2, 0.25) is 5.95 Å². The highest BCUT2D eigenvalue weighted by molar-refractivity contribution is 5.61. The average molecular weight is 271 g/mol. The lowest BCUT2D eigenvalue weighted by molar-refractivity contribution is 0.623. The predicted octanol–water partition coefficient (Wildman–Crippen LogP) is 3.44. The van der Waals surface area contributed by atoms with Gasteiger partial charge in [0.1, 0.15) is 0 Å². The Labute approximate surface area is 119 Å². The first-order chi connectivity index (χ1) is 9.33. The summed E-state index contributed by atoms with van der Waals surface area (Å²) in [7, 11) is 0. The van der Waals surface area contributed by atoms with Crippen molar-refractivity contribution in [3.05, 3.63) is 35.5 Å². The minimum absolute atomic E-state index is 0.0977. The number of aromatic nitrogens is 3. The molecule has 0 aliphatic rings. The highest BCUT2D eigenvalue weighted by Crippen LogP contribution is 2.20. The van der Waals surface area contributed by atoms with Gasteiger partial charge in [-0.3, -0.25) is 0 Å². The van der Waals surface area contributed by atoms with Crippen LogP contribution in [0.5, 0.6) is 0 Å². The van der Waals surface area contributed by atoms with Gasteiger partial charge in [-0.1, -0.05) is 12.1 Å². The summed E-state index contributed by atoms with van der Waals surface area (Å²) < 4.78 is 0. The number of rotatable bonds is 3. The minimum atomic E-state index is -0.0977. The Morgan fingerprint density at radius 1 is 1.10 bits per heavy atom. The molecular weight excluding hydrogens is 250 g/mol. The second-order valence-electron chi connectivity index (χ2n) is 5.98. The van der Waals surface area contributed by atoms with Gasteiger partial charge in [-0.2, -0.15) is 10.1 Å². The summed E-state index contributed by atoms with van der Waals surface area (Å²) in [5.41, 5.74) is 3.31. The zero-order valence-corrected chi connectivity index (χ0v) is 12.7. The van der Waals surface area contributed by atoms with Crippen molar-refractivity contribution in [3.8, 4) is 0 Å². The van der Waals surface area contributed by atoms with Gasteiger partial charge in [0, 0.05) is 11.2 Å². The first kappa shape index (κ1) is 14.2. The van der Waals surface area contributed by atoms with Crippen molar-refractivity contribution in [2.45, 2.75) is 40.2 Å². The summed E-state index contributed by atoms with van der Waals surface area (Å²) in [6, 6.07) is 6.26. The molecule has 2 rings (SSSR count). The molecule has 0 aliphatic heterocycles. The van der Waals surface area contributed by atoms with Crippen LogP contribution in [0, 0.1) is 13.8 Å². The van der Waals surface area contributed by atoms with Crippen LogP contribution in [0.2, 0.25) is 0 Å². The SMILES string of the molecule is Cc1ccc(C)c(Nc2cnnc(NC(C)(C)C)n2)c1. The van der Waals surface area contributed by atoms with Gasteiger partial charge < -0.3 is 10.6 Å². The van der Waals surface area contributed by atoms with E-state index < -0.39 is 0 Å². The zero-order chi connectivity index (χ0) is 14.8. The maximum Gasteiger partial charge on any atom is 0.245 e. The minimum Gasteiger partial charge on any atom is -0.348 e. The fourth-order valence-corrected chi connectivity index (χ4v) is 1.76. The Morgan fingerprint density at radius 2 is 1.85 bits per heavy atom. The fraction of sp³-hybridized carbons (Fsp3) is 0.400. The van der Waals surface area contributed by atoms with Crippen molar-refractivity contribution in [3.63, 3.8) is 0 Å². The van der Waals surface area contributed by atoms with Crippen LogP contribution in [0.4, 0.5) is 17.5 Å². The normalized spacial score (nSPS) is 11.2. The standard InChI is InChI=1S/C15H21N5/c1-10-6-7-11(2)12(8-10)17-13-9-16-20-14(18-13)19-15(3,4)5/h6-9H,1-5H3,(H2,17,18,19,20). The fourth-order valence-electron chi connectivity index (χ4n) is 1.76. The van der Waals surface area contributed by atoms with Gasteiger partial charge in [0.05, 0.1) is 6.20 Å². The zero-order valence-electron chi connectivity index (χ0n) is 12.7. The summed E-state index contributed by atoms with van der Waals surface area (Å²) in [6.07, 6.45) is 1.62. The van der Waals surface area contributed by atoms with Crippen molar-refractivity contribution < 1.29 is 0 Å². The predicted molar refractivity (Wildman–Crippen MR) is 82.4 cm³/mol. The monoisotopic (exact) mass is 271 g/mol. The van der Waals surface area contributed by atoms with Crippen molar-refractivity contribution >= 4 is 17.5 Å². The molecule has 106 valence electrons. The van der Waals surface area contributed by atoms with Crippen LogP contribution in [0.25, 0.3) is 0 Å². The molecule has 20 heavy (non-hydrogen) atoms. The largest absolute Gasteiger partial charge is 0.348 e. The molecule has 0 unspecified atom stereocenters. The molecule has 1 heterocycles. The van der Waals surface area contributed by atoms with E-state index in [0.717, 1.165) is 5.69 Å². The van der Waals surface area contributed by atoms with E-state index in [1.54, 1.807) is 6.20 Å². The number of nitrogens with one attached hydrogen (secondary N) is 2. The molecule has 0 saturated heterocycles. The molecule has 0 aliphatic carbocycles. The topological polar surface area (TPSA) is 62.7 Å². The summed E-state index contributed by atoms with van der Waals surface area (Å²) in [4.78, 5) is 4.43. The van der Waals surface area contributed by atoms with Crippen LogP contribution in [0.15, 0.2) is 24.4 Å². The summed E-state index contributed by atoms with van der Waals surface area (Å²) >= 11 is 0. The second-order valence-corrected chi connectivity index (χ2v) is 5.98. The smallest absolute Gasteiger partial charge is 0.245 e. The van der Waals surface area contributed by atoms with Crippen LogP contribution < -0.4 is 10.6 Å². The van der Waals surface area contributed by atoms with E-state index in [9.17, 15) is 0 Å². The van der Waals surface area contributed by atoms with Gasteiger partial charge in [-0.05, 0) is 51.8 Å². The highest BCUT2D eigenvalue weighted by Gasteiger charge is 2.12. The van der Waals surface area contributed by atoms with Crippen LogP contribution in [-0.4, -0.2) is 20.7 Å². The Kier molecular flexibility index (Phi) is 3.88. The number of hydrogen-bond donors (Lipinski definition) is 2. The molecular formula is C15H21N5. The number of hydrogen-bond acceptors (Lipinski definition) is 5. The lowest BCUT2D eigenvalue weighted by Crippen LogP contribution is -2.27. The number of nitrogens with zero attached hydrogens (tertiary/aromatic N) is 3. The van der Waals surface area contributed by atoms with Gasteiger partial charge in [0.25, 0.3) is 0 Å². The third kappa shape index (κ3) is 3.91. The first-order valence-corrected chi connectivity index (χ1v) is 6.66. The first-order valence-electron chi connectivity index (χ1n) is 6.66. The van der Waals surface area contributed by atoms with E-state index in [4.69, 9.17) is 0 Å². The van der Waals surface area contributed by atoms with Crippen LogP contribution in [0.3, 0.4) is 0 Å². The summed E-state index contributed by atoms with van der Waals surface area (Å²) in [5.74, 6) is 1.20. The molecule has 0 atom stereocenters. The highest BCUT2D eigenvalue weighted by atomic mass is 15.3. The van der Waals surface area contributed by atoms with Crippen LogP contribution >= 0.6 is 0 Å². The lowest BCUT2D eigenvalue weighted by Gasteiger charge is -2.20. The molecule has 1 aromatic heterocycles. The maximum absolute atomic E-state index is 4.43. The van der Waals surface area contributed by atoms with Gasteiger partial charge in [0.15, 0.2) is 5.82 Å². The van der Waals surface area contributed by atoms with Crippen molar-refractivity contribution in [1.29, 1.82) is 0 Å². The average Bonchev–Trinajstić information content (AvgIpc) is 2.32. The van der Waals surface area contributed by atoms with Gasteiger partial charge in [-0.25, -0.2) is 0 Å². The molecule has 0 radical (unpaired) electrons. The van der Waals surface area contributed by atoms with E-state index in [2.05, 4.69) is 78.6 Å². The van der Waals surface area contributed by atoms with Crippen molar-refractivity contribution in [1.82, 2.24) is 15.2 Å². The second kappa shape index (κ2) is 5.45. The molecule has 2 aromatic rings. The van der Waals surface area contributed by atoms with Gasteiger partial charge >= 0.3 is 0 Å². The van der Waals surface area contributed by atoms with Crippen molar-refractivity contribution in [2.24, 2.45) is 0 Å². The summed E-state index contributed by atoms with van der Waals surface area (Å²) in [6.45, 7) is 10.3. The third-order valence-corrected chi connectivity index (χ3v) is 2.70. The Morgan fingerprint density at radius 3 is 2.55 bits per heavy atom. The lowest BCUT2D eigenvalue weighted by atomic mass is 10.1. The molecule has 0 saturated carbocycles. The molecule has 2 N–H and O–H groups in total. The van der Waals surface area contributed by atoms with E-state index in [1.807, 2.05) is 0 Å². The van der Waals surface area contributed by atoms with Crippen LogP contribution in [-0.2, 0) is 0 Å². The Balaban J connectivity index is 2.21. The molecule has 5 nitrogen and oxygen atoms in total. The summed E-state index contributed by atoms with van der Waals surface area (Å²) in [5, 5.41) is 14.5. The van der Waals surface area contributed by atoms with Gasteiger partial charge in [-0.15, -0.1) is 5.10 Å². The third-order valence-electron chi connectivity index (χ3n) is 2.70. The number of anilines is 3. The Hall–Kier alpha value is -2.17. The van der Waals surface area contributed by atoms with Crippen molar-refractivity contribution in [2.75, 3.05) is 10.6 Å². The number of benzene rings is 1. The quantitative estimate of drug-likeness (QED) is 0.895. The molecule has 0 amide bonds. The van der Waals surface area contributed by atoms with E-state index >= 15 is 0 Å². The molecule has 1 aromatic carbocycles. The van der Waals surface area contributed by atoms with E-state index in [-0.39, 0.29) is 5.54 Å². The Bertz CT molecular complexity index is 601. The maximum atomic E-state index is 4.43. The molecule has 0 spiro atoms. The molecule has 0 fully saturated rings. The van der Waals surface area contributed by atoms with E-state index in [1.165, 1.54) is 11.1 Å².